The van der Waals surface area contributed by atoms with Gasteiger partial charge in [0.2, 0.25) is 17.7 Å². The van der Waals surface area contributed by atoms with Crippen LogP contribution in [-0.2, 0) is 20.9 Å². The molecule has 1 saturated heterocycles. The monoisotopic (exact) mass is 679 g/mol. The number of nitrogens with zero attached hydrogens (tertiary/aromatic N) is 2. The Morgan fingerprint density at radius 2 is 1.49 bits per heavy atom. The molecule has 7 atom stereocenters. The molecule has 12 heteroatoms. The number of hydrogen-bond acceptors (Lipinski definition) is 6. The van der Waals surface area contributed by atoms with E-state index in [0.29, 0.717) is 26.4 Å². The molecule has 0 spiro atoms. The van der Waals surface area contributed by atoms with Crippen LogP contribution in [-0.4, -0.2) is 27.5 Å². The van der Waals surface area contributed by atoms with Crippen LogP contribution in [0.25, 0.3) is 0 Å². The topological polar surface area (TPSA) is 88.5 Å². The smallest absolute Gasteiger partial charge is 0.308 e. The van der Waals surface area contributed by atoms with Crippen molar-refractivity contribution < 1.29 is 18.8 Å². The summed E-state index contributed by atoms with van der Waals surface area (Å²) in [5, 5.41) is 4.51. The van der Waals surface area contributed by atoms with Crippen LogP contribution in [0.3, 0.4) is 0 Å². The quantitative estimate of drug-likeness (QED) is 0.238. The summed E-state index contributed by atoms with van der Waals surface area (Å²) >= 11 is 14.7. The number of nitrogens with one attached hydrogen (secondary N) is 1. The number of carbonyl (C=O) groups is 3. The molecule has 1 N–H and O–H groups in total. The molecule has 228 valence electrons. The molecule has 3 aromatic carbocycles. The second kappa shape index (κ2) is 10.8. The van der Waals surface area contributed by atoms with E-state index in [1.807, 2.05) is 0 Å². The summed E-state index contributed by atoms with van der Waals surface area (Å²) in [5.41, 5.74) is 1.92. The second-order valence-corrected chi connectivity index (χ2v) is 15.0. The maximum absolute atomic E-state index is 14.1. The SMILES string of the molecule is O=C(Cn1c2c(sc1=O)[C@H](c1ccc(F)cc1)[C@@H]1[C@H]3C[C@@H]([C@@H]1S2)[C@@H]1C(=O)N(c2ccc(Cl)cc2)C(=O)[C@H]31)Nc1ccc(Cl)cc1. The van der Waals surface area contributed by atoms with Crippen LogP contribution in [0.5, 0.6) is 0 Å². The third kappa shape index (κ3) is 4.60. The zero-order valence-corrected chi connectivity index (χ0v) is 26.5. The van der Waals surface area contributed by atoms with Crippen molar-refractivity contribution in [1.29, 1.82) is 0 Å². The van der Waals surface area contributed by atoms with E-state index in [9.17, 15) is 23.6 Å². The molecule has 1 aromatic heterocycles. The number of rotatable bonds is 5. The van der Waals surface area contributed by atoms with Gasteiger partial charge >= 0.3 is 4.87 Å². The first-order valence-corrected chi connectivity index (χ1v) is 17.0. The minimum atomic E-state index is -0.464. The van der Waals surface area contributed by atoms with Crippen molar-refractivity contribution in [3.05, 3.63) is 109 Å². The fourth-order valence-electron chi connectivity index (χ4n) is 8.02. The summed E-state index contributed by atoms with van der Waals surface area (Å²) in [6, 6.07) is 19.7. The number of aromatic nitrogens is 1. The van der Waals surface area contributed by atoms with Crippen molar-refractivity contribution >= 4 is 75.4 Å². The molecule has 2 saturated carbocycles. The fourth-order valence-corrected chi connectivity index (χ4v) is 11.4. The van der Waals surface area contributed by atoms with Gasteiger partial charge in [0.25, 0.3) is 0 Å². The summed E-state index contributed by atoms with van der Waals surface area (Å²) < 4.78 is 15.6. The highest BCUT2D eigenvalue weighted by Crippen LogP contribution is 2.69. The average Bonchev–Trinajstić information content (AvgIpc) is 3.74. The first-order valence-electron chi connectivity index (χ1n) is 14.5. The Bertz CT molecular complexity index is 1930. The van der Waals surface area contributed by atoms with Crippen LogP contribution < -0.4 is 15.1 Å². The third-order valence-electron chi connectivity index (χ3n) is 9.69. The Morgan fingerprint density at radius 3 is 2.16 bits per heavy atom. The number of amides is 3. The highest BCUT2D eigenvalue weighted by molar-refractivity contribution is 8.00. The molecule has 8 rings (SSSR count). The van der Waals surface area contributed by atoms with Crippen molar-refractivity contribution in [1.82, 2.24) is 4.57 Å². The lowest BCUT2D eigenvalue weighted by molar-refractivity contribution is -0.123. The number of thiazole rings is 1. The molecule has 3 fully saturated rings. The summed E-state index contributed by atoms with van der Waals surface area (Å²) in [7, 11) is 0. The minimum Gasteiger partial charge on any atom is -0.325 e. The molecule has 0 radical (unpaired) electrons. The highest BCUT2D eigenvalue weighted by atomic mass is 35.5. The van der Waals surface area contributed by atoms with E-state index in [1.54, 1.807) is 72.4 Å². The summed E-state index contributed by atoms with van der Waals surface area (Å²) in [6.45, 7) is -0.185. The van der Waals surface area contributed by atoms with Crippen molar-refractivity contribution in [3.63, 3.8) is 0 Å². The lowest BCUT2D eigenvalue weighted by Gasteiger charge is -2.43. The van der Waals surface area contributed by atoms with Gasteiger partial charge in [-0.05, 0) is 90.4 Å². The van der Waals surface area contributed by atoms with E-state index in [4.69, 9.17) is 23.2 Å². The molecular weight excluding hydrogens is 656 g/mol. The van der Waals surface area contributed by atoms with Gasteiger partial charge in [-0.2, -0.15) is 0 Å². The average molecular weight is 681 g/mol. The first-order chi connectivity index (χ1) is 21.7. The van der Waals surface area contributed by atoms with Gasteiger partial charge in [-0.15, -0.1) is 11.8 Å². The van der Waals surface area contributed by atoms with Crippen molar-refractivity contribution in [2.45, 2.75) is 29.2 Å². The summed E-state index contributed by atoms with van der Waals surface area (Å²) in [6.07, 6.45) is 0.720. The lowest BCUT2D eigenvalue weighted by atomic mass is 9.68. The lowest BCUT2D eigenvalue weighted by Crippen LogP contribution is -2.43. The Balaban J connectivity index is 1.17. The maximum Gasteiger partial charge on any atom is 0.308 e. The number of hydrogen-bond donors (Lipinski definition) is 1. The van der Waals surface area contributed by atoms with Gasteiger partial charge < -0.3 is 5.32 Å². The first kappa shape index (κ1) is 29.0. The Labute approximate surface area is 275 Å². The van der Waals surface area contributed by atoms with E-state index in [2.05, 4.69) is 5.32 Å². The Morgan fingerprint density at radius 1 is 0.867 bits per heavy atom. The maximum atomic E-state index is 14.1. The number of imide groups is 1. The van der Waals surface area contributed by atoms with Gasteiger partial charge in [-0.1, -0.05) is 46.7 Å². The molecule has 2 aliphatic heterocycles. The molecule has 4 aliphatic rings. The second-order valence-electron chi connectivity index (χ2n) is 12.0. The normalized spacial score (nSPS) is 27.8. The van der Waals surface area contributed by atoms with Crippen LogP contribution in [0.15, 0.2) is 82.6 Å². The minimum absolute atomic E-state index is 0.0458. The molecule has 7 nitrogen and oxygen atoms in total. The van der Waals surface area contributed by atoms with E-state index >= 15 is 0 Å². The van der Waals surface area contributed by atoms with E-state index in [1.165, 1.54) is 21.6 Å². The Kier molecular flexibility index (Phi) is 6.98. The number of fused-ring (bicyclic) bond motifs is 9. The van der Waals surface area contributed by atoms with Crippen molar-refractivity contribution in [3.8, 4) is 0 Å². The number of thioether (sulfide) groups is 1. The van der Waals surface area contributed by atoms with Crippen molar-refractivity contribution in [2.24, 2.45) is 29.6 Å². The van der Waals surface area contributed by atoms with E-state index in [0.717, 1.165) is 28.2 Å². The van der Waals surface area contributed by atoms with Gasteiger partial charge in [-0.25, -0.2) is 4.39 Å². The molecule has 0 unspecified atom stereocenters. The van der Waals surface area contributed by atoms with Crippen LogP contribution in [0.2, 0.25) is 10.0 Å². The van der Waals surface area contributed by atoms with Crippen LogP contribution >= 0.6 is 46.3 Å². The van der Waals surface area contributed by atoms with Gasteiger partial charge in [0.1, 0.15) is 12.4 Å². The molecule has 2 aliphatic carbocycles. The predicted octanol–water partition coefficient (Wildman–Crippen LogP) is 6.67. The van der Waals surface area contributed by atoms with E-state index in [-0.39, 0.29) is 63.9 Å². The molecule has 2 bridgehead atoms. The molecule has 3 amide bonds. The van der Waals surface area contributed by atoms with Crippen LogP contribution in [0, 0.1) is 35.4 Å². The number of anilines is 2. The fraction of sp³-hybridized carbons (Fsp3) is 0.273. The molecule has 4 aromatic rings. The van der Waals surface area contributed by atoms with Crippen LogP contribution in [0.4, 0.5) is 15.8 Å². The highest BCUT2D eigenvalue weighted by Gasteiger charge is 2.69. The zero-order valence-electron chi connectivity index (χ0n) is 23.4. The third-order valence-corrected chi connectivity index (χ3v) is 13.0. The molecule has 3 heterocycles. The van der Waals surface area contributed by atoms with Gasteiger partial charge in [0.05, 0.1) is 22.5 Å². The van der Waals surface area contributed by atoms with E-state index < -0.39 is 11.8 Å². The van der Waals surface area contributed by atoms with Gasteiger partial charge in [0.15, 0.2) is 0 Å². The van der Waals surface area contributed by atoms with Crippen molar-refractivity contribution in [2.75, 3.05) is 10.2 Å². The van der Waals surface area contributed by atoms with Gasteiger partial charge in [0, 0.05) is 31.8 Å². The summed E-state index contributed by atoms with van der Waals surface area (Å²) in [5.74, 6) is -2.56. The largest absolute Gasteiger partial charge is 0.325 e. The number of benzene rings is 3. The standard InChI is InChI=1S/C33H24Cl2FN3O4S2/c34-16-3-9-19(10-4-16)37-23(40)14-38-32-29(45-33(38)43)24(15-1-7-18(36)8-2-15)25-21-13-22(28(25)44-32)27-26(21)30(41)39(31(27)42)20-11-5-17(35)6-12-20/h1-12,21-22,24-28H,13-14H2,(H,37,40)/t21-,22-,24-,25+,26-,27+,28+/m1/s1. The number of halogens is 3. The van der Waals surface area contributed by atoms with Gasteiger partial charge in [-0.3, -0.25) is 28.6 Å². The molecular formula is C33H24Cl2FN3O4S2. The summed E-state index contributed by atoms with van der Waals surface area (Å²) in [4.78, 5) is 56.3. The Hall–Kier alpha value is -3.44. The number of carbonyl (C=O) groups excluding carboxylic acids is 3. The van der Waals surface area contributed by atoms with Crippen LogP contribution in [0.1, 0.15) is 22.8 Å². The molecule has 45 heavy (non-hydrogen) atoms. The zero-order chi connectivity index (χ0) is 31.1. The predicted molar refractivity (Wildman–Crippen MR) is 173 cm³/mol.